The maximum Gasteiger partial charge on any atom is 0.407 e. The normalized spacial score (nSPS) is 22.4. The number of likely N-dealkylation sites (tertiary alicyclic amines) is 2. The van der Waals surface area contributed by atoms with Crippen molar-refractivity contribution in [2.24, 2.45) is 23.2 Å². The fourth-order valence-corrected chi connectivity index (χ4v) is 11.0. The molecule has 14 nitrogen and oxygen atoms in total. The van der Waals surface area contributed by atoms with Gasteiger partial charge < -0.3 is 39.9 Å². The van der Waals surface area contributed by atoms with Crippen LogP contribution in [-0.4, -0.2) is 92.6 Å². The molecule has 0 unspecified atom stereocenters. The number of amides is 4. The second-order valence-corrected chi connectivity index (χ2v) is 19.3. The van der Waals surface area contributed by atoms with E-state index in [4.69, 9.17) is 19.4 Å². The van der Waals surface area contributed by atoms with Gasteiger partial charge in [-0.05, 0) is 125 Å². The van der Waals surface area contributed by atoms with Crippen LogP contribution in [0, 0.1) is 23.2 Å². The van der Waals surface area contributed by atoms with E-state index in [9.17, 15) is 19.2 Å². The monoisotopic (exact) mass is 852 g/mol. The Labute approximate surface area is 366 Å². The standard InChI is InChI=1S/C49H56N8O6/c1-25(2)40(54-47(60)62-5)45(58)56-24-49(15-16-49)22-39(56)43-50-23-38(53-43)29-9-13-35-32(18-29)19-31-17-27(8-12-34(31)35)28-10-14-36-37(21-28)52-44(51-36)42-30-7-11-33(20-30)57(42)46(59)41(26(3)4)55-48(61)63-6/h8-10,12-14,17-18,21,23,25-26,30,33,39-42H,7,11,15-16,19-20,22,24H2,1-6H3,(H,50,53)(H,51,52)(H,54,60)(H,55,61)/t30-,33+,39-,40-,41-,42-/m0/s1. The number of methoxy groups -OCH3 is 2. The predicted molar refractivity (Wildman–Crippen MR) is 237 cm³/mol. The summed E-state index contributed by atoms with van der Waals surface area (Å²) in [7, 11) is 2.63. The quantitative estimate of drug-likeness (QED) is 0.107. The minimum Gasteiger partial charge on any atom is -0.453 e. The highest BCUT2D eigenvalue weighted by atomic mass is 16.5. The van der Waals surface area contributed by atoms with Crippen LogP contribution in [0.2, 0.25) is 0 Å². The third-order valence-electron chi connectivity index (χ3n) is 14.6. The number of imidazole rings is 2. The molecule has 1 spiro atoms. The van der Waals surface area contributed by atoms with Gasteiger partial charge in [-0.25, -0.2) is 19.6 Å². The molecule has 63 heavy (non-hydrogen) atoms. The van der Waals surface area contributed by atoms with Crippen LogP contribution in [0.3, 0.4) is 0 Å². The molecule has 14 heteroatoms. The van der Waals surface area contributed by atoms with Crippen LogP contribution in [0.1, 0.15) is 101 Å². The summed E-state index contributed by atoms with van der Waals surface area (Å²) in [5, 5.41) is 5.54. The number of H-pyrrole nitrogens is 2. The largest absolute Gasteiger partial charge is 0.453 e. The minimum absolute atomic E-state index is 0.0861. The number of alkyl carbamates (subject to hydrolysis) is 2. The first-order chi connectivity index (χ1) is 30.3. The van der Waals surface area contributed by atoms with E-state index in [1.54, 1.807) is 0 Å². The van der Waals surface area contributed by atoms with Gasteiger partial charge in [-0.2, -0.15) is 0 Å². The predicted octanol–water partition coefficient (Wildman–Crippen LogP) is 8.06. The maximum absolute atomic E-state index is 14.1. The van der Waals surface area contributed by atoms with Gasteiger partial charge in [0, 0.05) is 12.6 Å². The van der Waals surface area contributed by atoms with Crippen LogP contribution < -0.4 is 10.6 Å². The van der Waals surface area contributed by atoms with E-state index >= 15 is 0 Å². The zero-order chi connectivity index (χ0) is 43.9. The van der Waals surface area contributed by atoms with Crippen molar-refractivity contribution in [2.75, 3.05) is 20.8 Å². The lowest BCUT2D eigenvalue weighted by atomic mass is 9.95. The first-order valence-corrected chi connectivity index (χ1v) is 22.5. The van der Waals surface area contributed by atoms with Crippen molar-refractivity contribution in [3.05, 3.63) is 83.6 Å². The highest BCUT2D eigenvalue weighted by molar-refractivity contribution is 5.89. The molecule has 3 aromatic carbocycles. The molecule has 2 aromatic heterocycles. The van der Waals surface area contributed by atoms with E-state index in [-0.39, 0.29) is 47.2 Å². The number of hydrogen-bond acceptors (Lipinski definition) is 8. The van der Waals surface area contributed by atoms with Crippen LogP contribution in [0.25, 0.3) is 44.5 Å². The number of aromatic nitrogens is 4. The molecule has 6 atom stereocenters. The number of nitrogens with zero attached hydrogens (tertiary/aromatic N) is 4. The summed E-state index contributed by atoms with van der Waals surface area (Å²) in [6.45, 7) is 8.40. The van der Waals surface area contributed by atoms with Gasteiger partial charge in [-0.1, -0.05) is 64.1 Å². The molecule has 3 aliphatic carbocycles. The molecular weight excluding hydrogens is 797 g/mol. The van der Waals surface area contributed by atoms with Crippen LogP contribution in [0.4, 0.5) is 9.59 Å². The maximum atomic E-state index is 14.1. The van der Waals surface area contributed by atoms with Gasteiger partial charge in [-0.15, -0.1) is 0 Å². The van der Waals surface area contributed by atoms with Crippen molar-refractivity contribution in [1.29, 1.82) is 0 Å². The van der Waals surface area contributed by atoms with Crippen molar-refractivity contribution in [1.82, 2.24) is 40.4 Å². The Morgan fingerprint density at radius 1 is 0.778 bits per heavy atom. The number of fused-ring (bicyclic) bond motifs is 6. The molecule has 2 bridgehead atoms. The Hall–Kier alpha value is -6.18. The molecule has 5 aromatic rings. The number of piperidine rings is 1. The summed E-state index contributed by atoms with van der Waals surface area (Å²) >= 11 is 0. The van der Waals surface area contributed by atoms with Crippen LogP contribution in [-0.2, 0) is 25.5 Å². The van der Waals surface area contributed by atoms with Gasteiger partial charge in [0.1, 0.15) is 23.7 Å². The number of ether oxygens (including phenoxy) is 2. The molecule has 328 valence electrons. The number of nitrogens with one attached hydrogen (secondary N) is 4. The summed E-state index contributed by atoms with van der Waals surface area (Å²) in [4.78, 5) is 73.4. The lowest BCUT2D eigenvalue weighted by molar-refractivity contribution is -0.139. The van der Waals surface area contributed by atoms with Crippen LogP contribution in [0.15, 0.2) is 60.8 Å². The second-order valence-electron chi connectivity index (χ2n) is 19.3. The Bertz CT molecular complexity index is 2640. The molecule has 4 N–H and O–H groups in total. The molecular formula is C49H56N8O6. The van der Waals surface area contributed by atoms with Crippen molar-refractivity contribution in [2.45, 2.75) is 103 Å². The fourth-order valence-electron chi connectivity index (χ4n) is 11.0. The molecule has 4 amide bonds. The Kier molecular flexibility index (Phi) is 10.1. The van der Waals surface area contributed by atoms with Gasteiger partial charge in [0.15, 0.2) is 0 Å². The third-order valence-corrected chi connectivity index (χ3v) is 14.6. The number of carbonyl (C=O) groups excluding carboxylic acids is 4. The van der Waals surface area contributed by atoms with Gasteiger partial charge in [0.05, 0.1) is 49.2 Å². The Morgan fingerprint density at radius 3 is 2.08 bits per heavy atom. The fraction of sp³-hybridized carbons (Fsp3) is 0.469. The molecule has 4 fully saturated rings. The zero-order valence-electron chi connectivity index (χ0n) is 36.8. The van der Waals surface area contributed by atoms with E-state index in [0.717, 1.165) is 90.0 Å². The number of hydrogen-bond donors (Lipinski definition) is 4. The summed E-state index contributed by atoms with van der Waals surface area (Å²) in [5.74, 6) is 1.47. The van der Waals surface area contributed by atoms with E-state index < -0.39 is 24.3 Å². The summed E-state index contributed by atoms with van der Waals surface area (Å²) in [5.41, 5.74) is 11.0. The number of rotatable bonds is 10. The Morgan fingerprint density at radius 2 is 1.41 bits per heavy atom. The van der Waals surface area contributed by atoms with Gasteiger partial charge in [-0.3, -0.25) is 9.59 Å². The summed E-state index contributed by atoms with van der Waals surface area (Å²) < 4.78 is 9.69. The molecule has 5 aliphatic rings. The van der Waals surface area contributed by atoms with E-state index in [1.165, 1.54) is 36.5 Å². The average molecular weight is 853 g/mol. The van der Waals surface area contributed by atoms with E-state index in [2.05, 4.69) is 75.2 Å². The highest BCUT2D eigenvalue weighted by Gasteiger charge is 2.55. The third kappa shape index (κ3) is 7.20. The molecule has 4 heterocycles. The van der Waals surface area contributed by atoms with Crippen LogP contribution >= 0.6 is 0 Å². The summed E-state index contributed by atoms with van der Waals surface area (Å²) in [6.07, 6.45) is 7.42. The topological polar surface area (TPSA) is 175 Å². The Balaban J connectivity index is 0.864. The van der Waals surface area contributed by atoms with Crippen molar-refractivity contribution >= 4 is 35.0 Å². The van der Waals surface area contributed by atoms with Crippen LogP contribution in [0.5, 0.6) is 0 Å². The van der Waals surface area contributed by atoms with E-state index in [0.29, 0.717) is 12.5 Å². The number of carbonyl (C=O) groups is 4. The SMILES string of the molecule is COC(=O)N[C@H](C(=O)N1CC2(CC2)C[C@H]1c1ncc(-c2ccc3c(c2)Cc2cc(-c4ccc5nc([C@@H]6[C@H]7CC[C@H](C7)N6C(=O)[C@@H](NC(=O)OC)C(C)C)[nH]c5c4)ccc2-3)[nH]1)C(C)C. The number of benzene rings is 3. The molecule has 2 aliphatic heterocycles. The van der Waals surface area contributed by atoms with Gasteiger partial charge >= 0.3 is 12.2 Å². The van der Waals surface area contributed by atoms with Crippen molar-refractivity contribution in [3.8, 4) is 33.5 Å². The molecule has 2 saturated heterocycles. The lowest BCUT2D eigenvalue weighted by Gasteiger charge is -2.37. The number of aromatic amines is 2. The smallest absolute Gasteiger partial charge is 0.407 e. The van der Waals surface area contributed by atoms with E-state index in [1.807, 2.05) is 43.7 Å². The first-order valence-electron chi connectivity index (χ1n) is 22.5. The second kappa shape index (κ2) is 15.6. The van der Waals surface area contributed by atoms with Crippen molar-refractivity contribution < 1.29 is 28.7 Å². The molecule has 10 rings (SSSR count). The van der Waals surface area contributed by atoms with Crippen molar-refractivity contribution in [3.63, 3.8) is 0 Å². The minimum atomic E-state index is -0.687. The highest BCUT2D eigenvalue weighted by Crippen LogP contribution is 2.58. The molecule has 2 saturated carbocycles. The first kappa shape index (κ1) is 40.9. The summed E-state index contributed by atoms with van der Waals surface area (Å²) in [6, 6.07) is 18.0. The van der Waals surface area contributed by atoms with Gasteiger partial charge in [0.2, 0.25) is 11.8 Å². The lowest BCUT2D eigenvalue weighted by Crippen LogP contribution is -2.54. The molecule has 0 radical (unpaired) electrons. The van der Waals surface area contributed by atoms with Gasteiger partial charge in [0.25, 0.3) is 0 Å². The average Bonchev–Trinajstić information content (AvgIpc) is 3.97. The zero-order valence-corrected chi connectivity index (χ0v) is 36.8.